The van der Waals surface area contributed by atoms with Crippen molar-refractivity contribution in [2.24, 2.45) is 0 Å². The van der Waals surface area contributed by atoms with Gasteiger partial charge < -0.3 is 11.1 Å². The highest BCUT2D eigenvalue weighted by atomic mass is 32.1. The zero-order chi connectivity index (χ0) is 14.8. The van der Waals surface area contributed by atoms with Crippen molar-refractivity contribution >= 4 is 33.3 Å². The molecule has 5 nitrogen and oxygen atoms in total. The summed E-state index contributed by atoms with van der Waals surface area (Å²) in [7, 11) is 0. The zero-order valence-electron chi connectivity index (χ0n) is 10.8. The van der Waals surface area contributed by atoms with Gasteiger partial charge in [-0.05, 0) is 17.7 Å². The Labute approximate surface area is 123 Å². The molecule has 1 amide bonds. The number of carbonyl (C=O) groups is 1. The molecule has 106 valence electrons. The van der Waals surface area contributed by atoms with Crippen molar-refractivity contribution in [3.63, 3.8) is 0 Å². The van der Waals surface area contributed by atoms with E-state index in [-0.39, 0.29) is 18.3 Å². The van der Waals surface area contributed by atoms with Crippen LogP contribution in [0.25, 0.3) is 10.3 Å². The predicted molar refractivity (Wildman–Crippen MR) is 79.4 cm³/mol. The molecule has 0 saturated carbocycles. The molecule has 1 aromatic carbocycles. The Bertz CT molecular complexity index is 818. The third-order valence-electron chi connectivity index (χ3n) is 2.91. The summed E-state index contributed by atoms with van der Waals surface area (Å²) in [6.45, 7) is 0.227. The van der Waals surface area contributed by atoms with Gasteiger partial charge >= 0.3 is 0 Å². The van der Waals surface area contributed by atoms with Gasteiger partial charge in [0.1, 0.15) is 21.0 Å². The van der Waals surface area contributed by atoms with E-state index in [4.69, 9.17) is 5.73 Å². The number of nitrogens with one attached hydrogen (secondary N) is 1. The quantitative estimate of drug-likeness (QED) is 0.778. The Hall–Kier alpha value is -2.54. The standard InChI is InChI=1S/C14H11FN4OS/c15-9-3-1-2-8(6-9)7-19-13(20)12-10(16)11-14(21-12)18-5-4-17-11/h1-6H,7,16H2,(H,19,20). The van der Waals surface area contributed by atoms with Gasteiger partial charge in [-0.2, -0.15) is 0 Å². The Morgan fingerprint density at radius 2 is 2.14 bits per heavy atom. The molecule has 0 bridgehead atoms. The maximum absolute atomic E-state index is 13.1. The van der Waals surface area contributed by atoms with Gasteiger partial charge in [-0.25, -0.2) is 14.4 Å². The van der Waals surface area contributed by atoms with Crippen LogP contribution >= 0.6 is 11.3 Å². The van der Waals surface area contributed by atoms with Gasteiger partial charge in [0, 0.05) is 18.9 Å². The van der Waals surface area contributed by atoms with E-state index in [2.05, 4.69) is 15.3 Å². The van der Waals surface area contributed by atoms with Gasteiger partial charge in [0.2, 0.25) is 0 Å². The van der Waals surface area contributed by atoms with Crippen molar-refractivity contribution in [3.8, 4) is 0 Å². The first-order valence-electron chi connectivity index (χ1n) is 6.17. The molecule has 21 heavy (non-hydrogen) atoms. The van der Waals surface area contributed by atoms with Crippen molar-refractivity contribution in [2.45, 2.75) is 6.54 Å². The van der Waals surface area contributed by atoms with E-state index in [9.17, 15) is 9.18 Å². The lowest BCUT2D eigenvalue weighted by atomic mass is 10.2. The molecule has 3 aromatic rings. The molecular weight excluding hydrogens is 291 g/mol. The summed E-state index contributed by atoms with van der Waals surface area (Å²) < 4.78 is 13.1. The van der Waals surface area contributed by atoms with Crippen LogP contribution in [0.3, 0.4) is 0 Å². The maximum Gasteiger partial charge on any atom is 0.263 e. The van der Waals surface area contributed by atoms with E-state index in [0.717, 1.165) is 0 Å². The number of hydrogen-bond acceptors (Lipinski definition) is 5. The third kappa shape index (κ3) is 2.68. The largest absolute Gasteiger partial charge is 0.396 e. The van der Waals surface area contributed by atoms with E-state index in [0.29, 0.717) is 26.5 Å². The molecule has 0 saturated heterocycles. The fourth-order valence-electron chi connectivity index (χ4n) is 1.92. The number of nitrogen functional groups attached to an aromatic ring is 1. The third-order valence-corrected chi connectivity index (χ3v) is 4.01. The first kappa shape index (κ1) is 13.4. The number of nitrogens with zero attached hydrogens (tertiary/aromatic N) is 2. The van der Waals surface area contributed by atoms with Crippen molar-refractivity contribution in [2.75, 3.05) is 5.73 Å². The fraction of sp³-hybridized carbons (Fsp3) is 0.0714. The van der Waals surface area contributed by atoms with E-state index >= 15 is 0 Å². The number of benzene rings is 1. The average molecular weight is 302 g/mol. The van der Waals surface area contributed by atoms with E-state index in [1.807, 2.05) is 0 Å². The Morgan fingerprint density at radius 1 is 1.33 bits per heavy atom. The molecule has 0 aliphatic rings. The molecule has 0 radical (unpaired) electrons. The first-order chi connectivity index (χ1) is 10.1. The maximum atomic E-state index is 13.1. The highest BCUT2D eigenvalue weighted by Gasteiger charge is 2.17. The van der Waals surface area contributed by atoms with Crippen molar-refractivity contribution in [1.82, 2.24) is 15.3 Å². The summed E-state index contributed by atoms with van der Waals surface area (Å²) in [5.74, 6) is -0.655. The number of rotatable bonds is 3. The molecule has 2 heterocycles. The van der Waals surface area contributed by atoms with Crippen LogP contribution in [0.5, 0.6) is 0 Å². The van der Waals surface area contributed by atoms with Crippen LogP contribution in [0.15, 0.2) is 36.7 Å². The molecule has 0 unspecified atom stereocenters. The summed E-state index contributed by atoms with van der Waals surface area (Å²) in [5.41, 5.74) is 7.45. The number of anilines is 1. The van der Waals surface area contributed by atoms with Gasteiger partial charge in [-0.3, -0.25) is 4.79 Å². The lowest BCUT2D eigenvalue weighted by Gasteiger charge is -2.04. The van der Waals surface area contributed by atoms with Crippen molar-refractivity contribution in [1.29, 1.82) is 0 Å². The summed E-state index contributed by atoms with van der Waals surface area (Å²) >= 11 is 1.19. The van der Waals surface area contributed by atoms with Gasteiger partial charge in [0.25, 0.3) is 5.91 Å². The van der Waals surface area contributed by atoms with Crippen LogP contribution in [-0.4, -0.2) is 15.9 Å². The van der Waals surface area contributed by atoms with Crippen LogP contribution < -0.4 is 11.1 Å². The van der Waals surface area contributed by atoms with Crippen LogP contribution in [0.2, 0.25) is 0 Å². The number of carbonyl (C=O) groups excluding carboxylic acids is 1. The second-order valence-electron chi connectivity index (χ2n) is 4.37. The number of fused-ring (bicyclic) bond motifs is 1. The number of hydrogen-bond donors (Lipinski definition) is 2. The minimum Gasteiger partial charge on any atom is -0.396 e. The van der Waals surface area contributed by atoms with Crippen LogP contribution in [0, 0.1) is 5.82 Å². The lowest BCUT2D eigenvalue weighted by molar-refractivity contribution is 0.0955. The topological polar surface area (TPSA) is 80.9 Å². The molecule has 0 fully saturated rings. The van der Waals surface area contributed by atoms with E-state index < -0.39 is 0 Å². The van der Waals surface area contributed by atoms with Gasteiger partial charge in [-0.15, -0.1) is 11.3 Å². The molecule has 7 heteroatoms. The predicted octanol–water partition coefficient (Wildman–Crippen LogP) is 2.34. The van der Waals surface area contributed by atoms with Gasteiger partial charge in [-0.1, -0.05) is 12.1 Å². The number of amides is 1. The second kappa shape index (κ2) is 5.45. The van der Waals surface area contributed by atoms with Crippen molar-refractivity contribution in [3.05, 3.63) is 52.9 Å². The van der Waals surface area contributed by atoms with Crippen molar-refractivity contribution < 1.29 is 9.18 Å². The number of aromatic nitrogens is 2. The molecule has 3 rings (SSSR count). The zero-order valence-corrected chi connectivity index (χ0v) is 11.7. The van der Waals surface area contributed by atoms with Gasteiger partial charge in [0.05, 0.1) is 5.69 Å². The van der Waals surface area contributed by atoms with E-state index in [1.54, 1.807) is 18.3 Å². The number of halogens is 1. The van der Waals surface area contributed by atoms with E-state index in [1.165, 1.54) is 29.7 Å². The molecule has 3 N–H and O–H groups in total. The molecule has 0 spiro atoms. The summed E-state index contributed by atoms with van der Waals surface area (Å²) in [6.07, 6.45) is 3.08. The highest BCUT2D eigenvalue weighted by molar-refractivity contribution is 7.21. The number of thiophene rings is 1. The smallest absolute Gasteiger partial charge is 0.263 e. The summed E-state index contributed by atoms with van der Waals surface area (Å²) in [5, 5.41) is 2.71. The minimum atomic E-state index is -0.337. The average Bonchev–Trinajstić information content (AvgIpc) is 2.83. The molecule has 0 aliphatic carbocycles. The Balaban J connectivity index is 1.79. The molecule has 2 aromatic heterocycles. The first-order valence-corrected chi connectivity index (χ1v) is 6.98. The fourth-order valence-corrected chi connectivity index (χ4v) is 2.86. The minimum absolute atomic E-state index is 0.227. The van der Waals surface area contributed by atoms with Crippen LogP contribution in [0.1, 0.15) is 15.2 Å². The Morgan fingerprint density at radius 3 is 2.90 bits per heavy atom. The number of nitrogens with two attached hydrogens (primary N) is 1. The highest BCUT2D eigenvalue weighted by Crippen LogP contribution is 2.30. The lowest BCUT2D eigenvalue weighted by Crippen LogP contribution is -2.22. The normalized spacial score (nSPS) is 10.7. The SMILES string of the molecule is Nc1c(C(=O)NCc2cccc(F)c2)sc2nccnc12. The monoisotopic (exact) mass is 302 g/mol. The summed E-state index contributed by atoms with van der Waals surface area (Å²) in [4.78, 5) is 21.4. The van der Waals surface area contributed by atoms with Crippen LogP contribution in [0.4, 0.5) is 10.1 Å². The second-order valence-corrected chi connectivity index (χ2v) is 5.37. The molecule has 0 atom stereocenters. The Kier molecular flexibility index (Phi) is 3.49. The van der Waals surface area contributed by atoms with Gasteiger partial charge in [0.15, 0.2) is 0 Å². The molecular formula is C14H11FN4OS. The summed E-state index contributed by atoms with van der Waals surface area (Å²) in [6, 6.07) is 6.06. The molecule has 0 aliphatic heterocycles. The van der Waals surface area contributed by atoms with Crippen LogP contribution in [-0.2, 0) is 6.54 Å².